The number of hydrogen-bond donors (Lipinski definition) is 1. The molecule has 0 amide bonds. The van der Waals surface area contributed by atoms with E-state index in [0.717, 1.165) is 6.42 Å². The van der Waals surface area contributed by atoms with Gasteiger partial charge in [0.1, 0.15) is 0 Å². The lowest BCUT2D eigenvalue weighted by Crippen LogP contribution is -2.17. The predicted octanol–water partition coefficient (Wildman–Crippen LogP) is 2.49. The summed E-state index contributed by atoms with van der Waals surface area (Å²) in [7, 11) is -2.29. The van der Waals surface area contributed by atoms with Gasteiger partial charge < -0.3 is 0 Å². The van der Waals surface area contributed by atoms with Gasteiger partial charge >= 0.3 is 0 Å². The molecule has 0 aromatic carbocycles. The van der Waals surface area contributed by atoms with Crippen molar-refractivity contribution in [2.24, 2.45) is 5.92 Å². The average Bonchev–Trinajstić information content (AvgIpc) is 1.84. The first-order valence-corrected chi connectivity index (χ1v) is 5.90. The Labute approximate surface area is 70.4 Å². The van der Waals surface area contributed by atoms with Gasteiger partial charge in [0.25, 0.3) is 0 Å². The van der Waals surface area contributed by atoms with Crippen LogP contribution < -0.4 is 0 Å². The van der Waals surface area contributed by atoms with Crippen molar-refractivity contribution in [1.29, 1.82) is 4.78 Å². The summed E-state index contributed by atoms with van der Waals surface area (Å²) in [6.45, 7) is 7.90. The van der Waals surface area contributed by atoms with Crippen molar-refractivity contribution < 1.29 is 4.21 Å². The van der Waals surface area contributed by atoms with Crippen molar-refractivity contribution in [3.05, 3.63) is 0 Å². The molecule has 0 saturated carbocycles. The van der Waals surface area contributed by atoms with Gasteiger partial charge in [0.05, 0.1) is 0 Å². The summed E-state index contributed by atoms with van der Waals surface area (Å²) in [6, 6.07) is 0. The molecule has 0 radical (unpaired) electrons. The first-order valence-electron chi connectivity index (χ1n) is 4.11. The zero-order chi connectivity index (χ0) is 9.07. The van der Waals surface area contributed by atoms with Gasteiger partial charge in [-0.2, -0.15) is 0 Å². The van der Waals surface area contributed by atoms with E-state index in [1.165, 1.54) is 0 Å². The molecular formula is C8H19NOS. The second-order valence-corrected chi connectivity index (χ2v) is 6.47. The zero-order valence-electron chi connectivity index (χ0n) is 7.89. The molecule has 0 aliphatic rings. The highest BCUT2D eigenvalue weighted by atomic mass is 32.2. The third-order valence-electron chi connectivity index (χ3n) is 1.76. The molecule has 0 saturated heterocycles. The number of nitrogens with one attached hydrogen (secondary N) is 1. The van der Waals surface area contributed by atoms with E-state index >= 15 is 0 Å². The number of hydrogen-bond acceptors (Lipinski definition) is 2. The second-order valence-electron chi connectivity index (χ2n) is 3.66. The summed E-state index contributed by atoms with van der Waals surface area (Å²) in [4.78, 5) is 0. The van der Waals surface area contributed by atoms with Crippen LogP contribution in [0.25, 0.3) is 0 Å². The van der Waals surface area contributed by atoms with Crippen LogP contribution in [0.15, 0.2) is 0 Å². The summed E-state index contributed by atoms with van der Waals surface area (Å²) in [6.07, 6.45) is 0.903. The SMILES string of the molecule is CC(C)CCS(=N)(=O)C(C)C. The Morgan fingerprint density at radius 1 is 1.27 bits per heavy atom. The zero-order valence-corrected chi connectivity index (χ0v) is 8.70. The highest BCUT2D eigenvalue weighted by Crippen LogP contribution is 2.08. The van der Waals surface area contributed by atoms with Crippen molar-refractivity contribution >= 4 is 9.73 Å². The first kappa shape index (κ1) is 11.0. The Bertz CT molecular complexity index is 192. The van der Waals surface area contributed by atoms with E-state index in [1.54, 1.807) is 0 Å². The Kier molecular flexibility index (Phi) is 4.08. The lowest BCUT2D eigenvalue weighted by atomic mass is 10.2. The van der Waals surface area contributed by atoms with Crippen LogP contribution in [0.4, 0.5) is 0 Å². The van der Waals surface area contributed by atoms with Crippen molar-refractivity contribution in [2.45, 2.75) is 39.4 Å². The summed E-state index contributed by atoms with van der Waals surface area (Å²) in [5.41, 5.74) is 0. The molecule has 0 heterocycles. The lowest BCUT2D eigenvalue weighted by Gasteiger charge is -2.11. The smallest absolute Gasteiger partial charge is 0.0465 e. The Morgan fingerprint density at radius 2 is 1.73 bits per heavy atom. The minimum Gasteiger partial charge on any atom is -0.253 e. The van der Waals surface area contributed by atoms with Gasteiger partial charge in [-0.15, -0.1) is 0 Å². The molecule has 0 spiro atoms. The van der Waals surface area contributed by atoms with E-state index in [9.17, 15) is 4.21 Å². The minimum absolute atomic E-state index is 0.00116. The Morgan fingerprint density at radius 3 is 2.00 bits per heavy atom. The molecule has 0 aromatic rings. The second kappa shape index (κ2) is 4.10. The molecule has 68 valence electrons. The van der Waals surface area contributed by atoms with E-state index < -0.39 is 9.73 Å². The lowest BCUT2D eigenvalue weighted by molar-refractivity contribution is 0.612. The highest BCUT2D eigenvalue weighted by molar-refractivity contribution is 7.92. The third kappa shape index (κ3) is 4.40. The van der Waals surface area contributed by atoms with Crippen LogP contribution >= 0.6 is 0 Å². The van der Waals surface area contributed by atoms with Gasteiger partial charge in [0.15, 0.2) is 0 Å². The summed E-state index contributed by atoms with van der Waals surface area (Å²) < 4.78 is 19.0. The molecule has 0 aliphatic heterocycles. The maximum absolute atomic E-state index is 11.5. The molecule has 3 heteroatoms. The van der Waals surface area contributed by atoms with Crippen LogP contribution in [0.3, 0.4) is 0 Å². The van der Waals surface area contributed by atoms with Crippen LogP contribution in [0, 0.1) is 10.7 Å². The summed E-state index contributed by atoms with van der Waals surface area (Å²) >= 11 is 0. The van der Waals surface area contributed by atoms with Gasteiger partial charge in [0.2, 0.25) is 0 Å². The van der Waals surface area contributed by atoms with Crippen molar-refractivity contribution in [3.8, 4) is 0 Å². The van der Waals surface area contributed by atoms with Gasteiger partial charge in [-0.05, 0) is 12.3 Å². The van der Waals surface area contributed by atoms with Crippen LogP contribution in [0.5, 0.6) is 0 Å². The molecule has 0 rings (SSSR count). The Balaban J connectivity index is 3.95. The molecule has 2 nitrogen and oxygen atoms in total. The fourth-order valence-corrected chi connectivity index (χ4v) is 1.94. The summed E-state index contributed by atoms with van der Waals surface area (Å²) in [5, 5.41) is 0.00116. The average molecular weight is 177 g/mol. The molecule has 0 bridgehead atoms. The maximum atomic E-state index is 11.5. The monoisotopic (exact) mass is 177 g/mol. The van der Waals surface area contributed by atoms with E-state index in [4.69, 9.17) is 4.78 Å². The van der Waals surface area contributed by atoms with Gasteiger partial charge in [0, 0.05) is 20.7 Å². The standard InChI is InChI=1S/C8H19NOS/c1-7(2)5-6-11(9,10)8(3)4/h7-9H,5-6H2,1-4H3. The molecule has 1 unspecified atom stereocenters. The quantitative estimate of drug-likeness (QED) is 0.704. The van der Waals surface area contributed by atoms with Crippen LogP contribution in [-0.4, -0.2) is 15.2 Å². The van der Waals surface area contributed by atoms with Crippen LogP contribution in [-0.2, 0) is 9.73 Å². The van der Waals surface area contributed by atoms with Gasteiger partial charge in [-0.3, -0.25) is 4.78 Å². The molecule has 0 fully saturated rings. The number of rotatable bonds is 4. The Hall–Kier alpha value is -0.0500. The first-order chi connectivity index (χ1) is 4.86. The van der Waals surface area contributed by atoms with Crippen LogP contribution in [0.1, 0.15) is 34.1 Å². The molecule has 11 heavy (non-hydrogen) atoms. The normalized spacial score (nSPS) is 17.3. The predicted molar refractivity (Wildman–Crippen MR) is 50.3 cm³/mol. The molecular weight excluding hydrogens is 158 g/mol. The molecule has 0 aromatic heterocycles. The van der Waals surface area contributed by atoms with Crippen molar-refractivity contribution in [1.82, 2.24) is 0 Å². The van der Waals surface area contributed by atoms with Crippen LogP contribution in [0.2, 0.25) is 0 Å². The third-order valence-corrected chi connectivity index (χ3v) is 4.13. The van der Waals surface area contributed by atoms with E-state index in [0.29, 0.717) is 11.7 Å². The van der Waals surface area contributed by atoms with E-state index in [-0.39, 0.29) is 5.25 Å². The fraction of sp³-hybridized carbons (Fsp3) is 1.00. The largest absolute Gasteiger partial charge is 0.253 e. The van der Waals surface area contributed by atoms with Gasteiger partial charge in [-0.1, -0.05) is 27.7 Å². The fourth-order valence-electron chi connectivity index (χ4n) is 0.646. The highest BCUT2D eigenvalue weighted by Gasteiger charge is 2.11. The van der Waals surface area contributed by atoms with E-state index in [2.05, 4.69) is 13.8 Å². The topological polar surface area (TPSA) is 40.9 Å². The maximum Gasteiger partial charge on any atom is 0.0465 e. The molecule has 1 atom stereocenters. The van der Waals surface area contributed by atoms with E-state index in [1.807, 2.05) is 13.8 Å². The minimum atomic E-state index is -2.29. The molecule has 1 N–H and O–H groups in total. The van der Waals surface area contributed by atoms with Gasteiger partial charge in [-0.25, -0.2) is 4.21 Å². The van der Waals surface area contributed by atoms with Crippen molar-refractivity contribution in [2.75, 3.05) is 5.75 Å². The molecule has 0 aliphatic carbocycles. The summed E-state index contributed by atoms with van der Waals surface area (Å²) in [5.74, 6) is 1.11. The van der Waals surface area contributed by atoms with Crippen molar-refractivity contribution in [3.63, 3.8) is 0 Å².